The molecule has 2 bridgehead atoms. The molecule has 3 aliphatic carbocycles. The highest BCUT2D eigenvalue weighted by Crippen LogP contribution is 2.41. The number of nitrogens with one attached hydrogen (secondary N) is 1. The van der Waals surface area contributed by atoms with E-state index >= 15 is 0 Å². The molecule has 0 radical (unpaired) electrons. The molecule has 2 N–H and O–H groups in total. The summed E-state index contributed by atoms with van der Waals surface area (Å²) in [5.74, 6) is 2.63. The maximum atomic E-state index is 11.6. The topological polar surface area (TPSA) is 99.4 Å². The molecule has 246 valence electrons. The summed E-state index contributed by atoms with van der Waals surface area (Å²) in [7, 11) is 4.15. The van der Waals surface area contributed by atoms with Crippen molar-refractivity contribution in [2.24, 2.45) is 24.8 Å². The third-order valence-electron chi connectivity index (χ3n) is 11.8. The first-order chi connectivity index (χ1) is 22.4. The molecule has 7 rings (SSSR count). The molecule has 9 heteroatoms. The van der Waals surface area contributed by atoms with Crippen LogP contribution in [0.2, 0.25) is 0 Å². The van der Waals surface area contributed by atoms with Gasteiger partial charge in [-0.1, -0.05) is 37.3 Å². The van der Waals surface area contributed by atoms with Crippen LogP contribution in [0.1, 0.15) is 99.1 Å². The number of hydrogen-bond acceptors (Lipinski definition) is 7. The van der Waals surface area contributed by atoms with E-state index in [1.807, 2.05) is 17.9 Å². The second-order valence-electron chi connectivity index (χ2n) is 14.6. The fourth-order valence-electron chi connectivity index (χ4n) is 9.21. The molecule has 3 fully saturated rings. The average Bonchev–Trinajstić information content (AvgIpc) is 3.83. The van der Waals surface area contributed by atoms with Crippen LogP contribution < -0.4 is 10.2 Å². The van der Waals surface area contributed by atoms with E-state index in [-0.39, 0.29) is 18.0 Å². The Hall–Kier alpha value is -3.46. The number of carbonyl (C=O) groups is 1. The monoisotopic (exact) mass is 625 g/mol. The van der Waals surface area contributed by atoms with Gasteiger partial charge in [-0.2, -0.15) is 10.1 Å². The van der Waals surface area contributed by atoms with Gasteiger partial charge >= 0.3 is 5.97 Å². The molecule has 4 aliphatic rings. The molecule has 1 saturated heterocycles. The molecule has 3 heterocycles. The lowest BCUT2D eigenvalue weighted by Gasteiger charge is -2.38. The summed E-state index contributed by atoms with van der Waals surface area (Å²) in [4.78, 5) is 27.3. The van der Waals surface area contributed by atoms with Crippen LogP contribution in [0.15, 0.2) is 42.7 Å². The maximum absolute atomic E-state index is 11.6. The summed E-state index contributed by atoms with van der Waals surface area (Å²) in [6.07, 6.45) is 15.5. The van der Waals surface area contributed by atoms with Gasteiger partial charge in [0.1, 0.15) is 5.82 Å². The molecule has 0 spiro atoms. The van der Waals surface area contributed by atoms with Crippen molar-refractivity contribution in [2.45, 2.75) is 102 Å². The second-order valence-corrected chi connectivity index (χ2v) is 14.6. The number of fused-ring (bicyclic) bond motifs is 3. The third kappa shape index (κ3) is 6.40. The van der Waals surface area contributed by atoms with Crippen molar-refractivity contribution in [1.29, 1.82) is 0 Å². The molecule has 9 nitrogen and oxygen atoms in total. The molecule has 3 aromatic rings. The van der Waals surface area contributed by atoms with Gasteiger partial charge in [0.05, 0.1) is 23.9 Å². The number of aryl methyl sites for hydroxylation is 2. The quantitative estimate of drug-likeness (QED) is 0.259. The standard InChI is InChI=1S/C37H51N7O2/c1-4-34(26-11-13-27(14-12-26)36(45)46)43(3)37-40-32-17-15-28(25-8-6-5-7-9-25)19-31(32)35(41-37)39-33(29-20-38-42(2)22-29)23-44-21-24-10-16-30(44)18-24/h5-9,20,22,24,26-28,30,33-34H,4,10-19,21,23H2,1-3H3,(H,45,46)(H,39,40,41)/t24-,26?,27?,28-,30-,33+,34-/m1/s1. The Labute approximate surface area is 273 Å². The van der Waals surface area contributed by atoms with E-state index in [0.29, 0.717) is 17.9 Å². The van der Waals surface area contributed by atoms with Crippen LogP contribution >= 0.6 is 0 Å². The maximum Gasteiger partial charge on any atom is 0.306 e. The van der Waals surface area contributed by atoms with Gasteiger partial charge < -0.3 is 15.3 Å². The van der Waals surface area contributed by atoms with E-state index < -0.39 is 5.97 Å². The van der Waals surface area contributed by atoms with E-state index in [9.17, 15) is 9.90 Å². The normalized spacial score (nSPS) is 27.2. The first-order valence-electron chi connectivity index (χ1n) is 17.8. The lowest BCUT2D eigenvalue weighted by Crippen LogP contribution is -2.41. The van der Waals surface area contributed by atoms with Crippen LogP contribution in [0.25, 0.3) is 0 Å². The first-order valence-corrected chi connectivity index (χ1v) is 17.8. The summed E-state index contributed by atoms with van der Waals surface area (Å²) in [6, 6.07) is 12.0. The molecular weight excluding hydrogens is 574 g/mol. The molecule has 1 aromatic carbocycles. The highest BCUT2D eigenvalue weighted by molar-refractivity contribution is 5.70. The van der Waals surface area contributed by atoms with Crippen LogP contribution in [0, 0.1) is 17.8 Å². The number of anilines is 2. The van der Waals surface area contributed by atoms with Crippen LogP contribution in [0.5, 0.6) is 0 Å². The lowest BCUT2D eigenvalue weighted by atomic mass is 9.77. The first kappa shape index (κ1) is 31.2. The zero-order valence-corrected chi connectivity index (χ0v) is 27.8. The minimum Gasteiger partial charge on any atom is -0.481 e. The Morgan fingerprint density at radius 1 is 1.09 bits per heavy atom. The molecule has 46 heavy (non-hydrogen) atoms. The second kappa shape index (κ2) is 13.3. The zero-order valence-electron chi connectivity index (χ0n) is 27.8. The van der Waals surface area contributed by atoms with Crippen molar-refractivity contribution in [2.75, 3.05) is 30.4 Å². The van der Waals surface area contributed by atoms with E-state index in [1.54, 1.807) is 0 Å². The number of aromatic nitrogens is 4. The minimum absolute atomic E-state index is 0.0792. The van der Waals surface area contributed by atoms with E-state index in [1.165, 1.54) is 48.2 Å². The number of hydrogen-bond donors (Lipinski definition) is 2. The fourth-order valence-corrected chi connectivity index (χ4v) is 9.21. The van der Waals surface area contributed by atoms with E-state index in [2.05, 4.69) is 70.7 Å². The van der Waals surface area contributed by atoms with Crippen molar-refractivity contribution in [3.05, 3.63) is 65.1 Å². The molecule has 2 aromatic heterocycles. The highest BCUT2D eigenvalue weighted by atomic mass is 16.4. The van der Waals surface area contributed by atoms with Gasteiger partial charge in [-0.15, -0.1) is 0 Å². The zero-order chi connectivity index (χ0) is 31.8. The minimum atomic E-state index is -0.646. The van der Waals surface area contributed by atoms with Gasteiger partial charge in [0.15, 0.2) is 0 Å². The van der Waals surface area contributed by atoms with Crippen molar-refractivity contribution >= 4 is 17.7 Å². The van der Waals surface area contributed by atoms with E-state index in [0.717, 1.165) is 75.6 Å². The summed E-state index contributed by atoms with van der Waals surface area (Å²) < 4.78 is 1.91. The van der Waals surface area contributed by atoms with Crippen molar-refractivity contribution in [3.63, 3.8) is 0 Å². The number of piperidine rings is 1. The summed E-state index contributed by atoms with van der Waals surface area (Å²) in [5, 5.41) is 18.1. The lowest BCUT2D eigenvalue weighted by molar-refractivity contribution is -0.143. The van der Waals surface area contributed by atoms with Crippen molar-refractivity contribution in [3.8, 4) is 0 Å². The fraction of sp³-hybridized carbons (Fsp3) is 0.622. The Kier molecular flexibility index (Phi) is 9.03. The largest absolute Gasteiger partial charge is 0.481 e. The van der Waals surface area contributed by atoms with Gasteiger partial charge in [0.2, 0.25) is 5.95 Å². The van der Waals surface area contributed by atoms with Crippen molar-refractivity contribution in [1.82, 2.24) is 24.6 Å². The number of rotatable bonds is 11. The Morgan fingerprint density at radius 3 is 2.54 bits per heavy atom. The van der Waals surface area contributed by atoms with Gasteiger partial charge in [-0.25, -0.2) is 4.98 Å². The number of carboxylic acid groups (broad SMARTS) is 1. The molecule has 1 aliphatic heterocycles. The number of carboxylic acids is 1. The van der Waals surface area contributed by atoms with Crippen molar-refractivity contribution < 1.29 is 9.90 Å². The Bertz CT molecular complexity index is 1500. The smallest absolute Gasteiger partial charge is 0.306 e. The summed E-state index contributed by atoms with van der Waals surface area (Å²) in [5.41, 5.74) is 5.01. The number of aliphatic carboxylic acids is 1. The molecule has 2 saturated carbocycles. The van der Waals surface area contributed by atoms with Crippen LogP contribution in [0.3, 0.4) is 0 Å². The van der Waals surface area contributed by atoms with Crippen LogP contribution in [0.4, 0.5) is 11.8 Å². The highest BCUT2D eigenvalue weighted by Gasteiger charge is 2.39. The predicted octanol–water partition coefficient (Wildman–Crippen LogP) is 6.23. The predicted molar refractivity (Wildman–Crippen MR) is 181 cm³/mol. The molecular formula is C37H51N7O2. The number of benzene rings is 1. The summed E-state index contributed by atoms with van der Waals surface area (Å²) in [6.45, 7) is 4.38. The van der Waals surface area contributed by atoms with E-state index in [4.69, 9.17) is 9.97 Å². The van der Waals surface area contributed by atoms with Crippen LogP contribution in [-0.4, -0.2) is 67.9 Å². The SMILES string of the molecule is CC[C@H](C1CCC(C(=O)O)CC1)N(C)c1nc2c(c(N[C@@H](CN3C[C@@H]4CC[C@@H]3C4)c3cnn(C)c3)n1)C[C@H](c1ccccc1)CC2. The molecule has 0 unspecified atom stereocenters. The van der Waals surface area contributed by atoms with Gasteiger partial charge in [-0.3, -0.25) is 14.4 Å². The van der Waals surface area contributed by atoms with Gasteiger partial charge in [0, 0.05) is 56.6 Å². The number of nitrogens with zero attached hydrogens (tertiary/aromatic N) is 6. The summed E-state index contributed by atoms with van der Waals surface area (Å²) >= 11 is 0. The van der Waals surface area contributed by atoms with Crippen LogP contribution in [-0.2, 0) is 24.7 Å². The van der Waals surface area contributed by atoms with Gasteiger partial charge in [0.25, 0.3) is 0 Å². The Morgan fingerprint density at radius 2 is 1.89 bits per heavy atom. The third-order valence-corrected chi connectivity index (χ3v) is 11.8. The molecule has 5 atom stereocenters. The average molecular weight is 626 g/mol. The molecule has 0 amide bonds. The number of likely N-dealkylation sites (tertiary alicyclic amines) is 1. The Balaban J connectivity index is 1.21. The van der Waals surface area contributed by atoms with Gasteiger partial charge in [-0.05, 0) is 93.9 Å².